The molecule has 5 rings (SSSR count). The first-order valence-electron chi connectivity index (χ1n) is 10.1. The van der Waals surface area contributed by atoms with Gasteiger partial charge in [-0.25, -0.2) is 0 Å². The lowest BCUT2D eigenvalue weighted by molar-refractivity contribution is -0.120. The second-order valence-electron chi connectivity index (χ2n) is 8.77. The van der Waals surface area contributed by atoms with Crippen molar-refractivity contribution in [3.8, 4) is 0 Å². The first kappa shape index (κ1) is 18.6. The SMILES string of the molecule is C=CC(C)(C)C12CC3C(=O)Nc4ccccc4C(=O)N3C1N(C=O)c1ccccc12. The minimum Gasteiger partial charge on any atom is -0.324 e. The molecule has 3 aliphatic heterocycles. The molecular formula is C24H23N3O3. The van der Waals surface area contributed by atoms with Crippen LogP contribution in [0, 0.1) is 5.41 Å². The van der Waals surface area contributed by atoms with Gasteiger partial charge in [-0.15, -0.1) is 6.58 Å². The summed E-state index contributed by atoms with van der Waals surface area (Å²) in [5.74, 6) is -0.481. The maximum absolute atomic E-state index is 13.7. The lowest BCUT2D eigenvalue weighted by atomic mass is 9.60. The fourth-order valence-electron chi connectivity index (χ4n) is 5.59. The summed E-state index contributed by atoms with van der Waals surface area (Å²) in [4.78, 5) is 42.6. The Kier molecular flexibility index (Phi) is 3.75. The van der Waals surface area contributed by atoms with E-state index in [2.05, 4.69) is 25.7 Å². The summed E-state index contributed by atoms with van der Waals surface area (Å²) in [7, 11) is 0. The summed E-state index contributed by atoms with van der Waals surface area (Å²) in [6.07, 6.45) is 2.43. The van der Waals surface area contributed by atoms with Gasteiger partial charge in [-0.05, 0) is 35.6 Å². The number of carbonyl (C=O) groups is 3. The predicted molar refractivity (Wildman–Crippen MR) is 114 cm³/mol. The fourth-order valence-corrected chi connectivity index (χ4v) is 5.59. The molecule has 0 spiro atoms. The minimum atomic E-state index is -0.690. The first-order valence-corrected chi connectivity index (χ1v) is 10.1. The molecule has 3 atom stereocenters. The summed E-state index contributed by atoms with van der Waals surface area (Å²) in [6.45, 7) is 8.17. The zero-order valence-corrected chi connectivity index (χ0v) is 17.0. The number of benzene rings is 2. The molecule has 2 aromatic carbocycles. The van der Waals surface area contributed by atoms with Crippen molar-refractivity contribution in [3.63, 3.8) is 0 Å². The minimum absolute atomic E-state index is 0.231. The van der Waals surface area contributed by atoms with Crippen LogP contribution >= 0.6 is 0 Å². The van der Waals surface area contributed by atoms with Gasteiger partial charge in [0.1, 0.15) is 12.2 Å². The number of hydrogen-bond donors (Lipinski definition) is 1. The summed E-state index contributed by atoms with van der Waals surface area (Å²) in [5, 5.41) is 2.92. The molecule has 1 fully saturated rings. The molecule has 3 heterocycles. The molecule has 1 saturated heterocycles. The van der Waals surface area contributed by atoms with Crippen LogP contribution < -0.4 is 10.2 Å². The van der Waals surface area contributed by atoms with Crippen LogP contribution in [-0.2, 0) is 15.0 Å². The Morgan fingerprint density at radius 3 is 2.57 bits per heavy atom. The van der Waals surface area contributed by atoms with Crippen LogP contribution in [0.3, 0.4) is 0 Å². The van der Waals surface area contributed by atoms with Gasteiger partial charge in [-0.1, -0.05) is 50.3 Å². The van der Waals surface area contributed by atoms with E-state index < -0.39 is 23.0 Å². The van der Waals surface area contributed by atoms with Crippen LogP contribution in [0.1, 0.15) is 36.2 Å². The topological polar surface area (TPSA) is 69.7 Å². The van der Waals surface area contributed by atoms with Gasteiger partial charge in [0.05, 0.1) is 11.3 Å². The van der Waals surface area contributed by atoms with Crippen LogP contribution in [0.5, 0.6) is 0 Å². The Hall–Kier alpha value is -3.41. The number of nitrogens with one attached hydrogen (secondary N) is 1. The Morgan fingerprint density at radius 1 is 1.13 bits per heavy atom. The van der Waals surface area contributed by atoms with Crippen molar-refractivity contribution in [2.24, 2.45) is 5.41 Å². The summed E-state index contributed by atoms with van der Waals surface area (Å²) < 4.78 is 0. The highest BCUT2D eigenvalue weighted by Gasteiger charge is 2.68. The highest BCUT2D eigenvalue weighted by molar-refractivity contribution is 6.11. The average molecular weight is 401 g/mol. The van der Waals surface area contributed by atoms with Gasteiger partial charge in [0.2, 0.25) is 12.3 Å². The highest BCUT2D eigenvalue weighted by atomic mass is 16.2. The predicted octanol–water partition coefficient (Wildman–Crippen LogP) is 3.31. The molecule has 0 aliphatic carbocycles. The smallest absolute Gasteiger partial charge is 0.258 e. The van der Waals surface area contributed by atoms with Gasteiger partial charge in [0, 0.05) is 11.1 Å². The van der Waals surface area contributed by atoms with E-state index in [1.807, 2.05) is 30.3 Å². The number of nitrogens with zero attached hydrogens (tertiary/aromatic N) is 2. The standard InChI is InChI=1S/C24H23N3O3/c1-4-23(2,3)24-13-19-20(29)25-17-11-7-5-9-15(17)21(30)27(19)22(24)26(14-28)18-12-8-6-10-16(18)24/h4-12,14,19,22H,1,13H2,2-3H3,(H,25,29). The summed E-state index contributed by atoms with van der Waals surface area (Å²) in [6, 6.07) is 14.0. The maximum atomic E-state index is 13.7. The van der Waals surface area contributed by atoms with Crippen molar-refractivity contribution < 1.29 is 14.4 Å². The van der Waals surface area contributed by atoms with E-state index in [4.69, 9.17) is 0 Å². The van der Waals surface area contributed by atoms with Gasteiger partial charge >= 0.3 is 0 Å². The third kappa shape index (κ3) is 2.06. The van der Waals surface area contributed by atoms with E-state index in [9.17, 15) is 14.4 Å². The first-order chi connectivity index (χ1) is 14.4. The van der Waals surface area contributed by atoms with Crippen LogP contribution in [0.2, 0.25) is 0 Å². The van der Waals surface area contributed by atoms with Crippen LogP contribution in [-0.4, -0.2) is 35.3 Å². The Labute approximate surface area is 175 Å². The molecule has 6 nitrogen and oxygen atoms in total. The molecule has 6 heteroatoms. The normalized spacial score (nSPS) is 26.9. The van der Waals surface area contributed by atoms with Crippen molar-refractivity contribution in [3.05, 3.63) is 72.3 Å². The van der Waals surface area contributed by atoms with Crippen LogP contribution in [0.4, 0.5) is 11.4 Å². The van der Waals surface area contributed by atoms with E-state index in [0.29, 0.717) is 17.7 Å². The van der Waals surface area contributed by atoms with Gasteiger partial charge in [-0.2, -0.15) is 0 Å². The third-order valence-corrected chi connectivity index (χ3v) is 7.21. The number of allylic oxidation sites excluding steroid dienone is 1. The number of para-hydroxylation sites is 2. The summed E-state index contributed by atoms with van der Waals surface area (Å²) >= 11 is 0. The second-order valence-corrected chi connectivity index (χ2v) is 8.77. The van der Waals surface area contributed by atoms with Gasteiger partial charge in [0.25, 0.3) is 5.91 Å². The average Bonchev–Trinajstić information content (AvgIpc) is 3.22. The Balaban J connectivity index is 1.80. The van der Waals surface area contributed by atoms with Crippen molar-refractivity contribution in [2.75, 3.05) is 10.2 Å². The molecule has 2 aromatic rings. The van der Waals surface area contributed by atoms with Crippen molar-refractivity contribution >= 4 is 29.6 Å². The van der Waals surface area contributed by atoms with Crippen molar-refractivity contribution in [1.82, 2.24) is 4.90 Å². The highest BCUT2D eigenvalue weighted by Crippen LogP contribution is 2.62. The van der Waals surface area contributed by atoms with E-state index >= 15 is 0 Å². The molecule has 3 amide bonds. The molecule has 152 valence electrons. The molecule has 0 bridgehead atoms. The number of rotatable bonds is 3. The number of carbonyl (C=O) groups excluding carboxylic acids is 3. The molecule has 0 saturated carbocycles. The van der Waals surface area contributed by atoms with Gasteiger partial charge in [0.15, 0.2) is 0 Å². The largest absolute Gasteiger partial charge is 0.324 e. The zero-order valence-electron chi connectivity index (χ0n) is 17.0. The van der Waals surface area contributed by atoms with Crippen LogP contribution in [0.15, 0.2) is 61.2 Å². The lowest BCUT2D eigenvalue weighted by Crippen LogP contribution is -2.57. The zero-order chi connectivity index (χ0) is 21.3. The Morgan fingerprint density at radius 2 is 1.83 bits per heavy atom. The quantitative estimate of drug-likeness (QED) is 0.634. The van der Waals surface area contributed by atoms with E-state index in [-0.39, 0.29) is 11.8 Å². The molecule has 1 N–H and O–H groups in total. The van der Waals surface area contributed by atoms with Gasteiger partial charge < -0.3 is 10.2 Å². The van der Waals surface area contributed by atoms with Crippen molar-refractivity contribution in [1.29, 1.82) is 0 Å². The van der Waals surface area contributed by atoms with E-state index in [1.54, 1.807) is 34.1 Å². The fraction of sp³-hybridized carbons (Fsp3) is 0.292. The van der Waals surface area contributed by atoms with Crippen LogP contribution in [0.25, 0.3) is 0 Å². The van der Waals surface area contributed by atoms with E-state index in [1.165, 1.54) is 0 Å². The lowest BCUT2D eigenvalue weighted by Gasteiger charge is -2.44. The molecule has 0 radical (unpaired) electrons. The van der Waals surface area contributed by atoms with E-state index in [0.717, 1.165) is 17.7 Å². The second kappa shape index (κ2) is 6.05. The molecular weight excluding hydrogens is 378 g/mol. The number of amides is 3. The number of hydrogen-bond acceptors (Lipinski definition) is 3. The molecule has 3 unspecified atom stereocenters. The molecule has 30 heavy (non-hydrogen) atoms. The summed E-state index contributed by atoms with van der Waals surface area (Å²) in [5.41, 5.74) is 1.53. The maximum Gasteiger partial charge on any atom is 0.258 e. The molecule has 3 aliphatic rings. The molecule has 0 aromatic heterocycles. The Bertz CT molecular complexity index is 1110. The monoisotopic (exact) mass is 401 g/mol. The van der Waals surface area contributed by atoms with Crippen molar-refractivity contribution in [2.45, 2.75) is 37.9 Å². The number of fused-ring (bicyclic) bond motifs is 6. The number of anilines is 2. The van der Waals surface area contributed by atoms with Gasteiger partial charge in [-0.3, -0.25) is 19.3 Å². The third-order valence-electron chi connectivity index (χ3n) is 7.21.